The molecule has 0 saturated heterocycles. The Labute approximate surface area is 61.8 Å². The van der Waals surface area contributed by atoms with Gasteiger partial charge in [-0.1, -0.05) is 12.8 Å². The van der Waals surface area contributed by atoms with Crippen molar-refractivity contribution in [1.82, 2.24) is 0 Å². The summed E-state index contributed by atoms with van der Waals surface area (Å²) in [5, 5.41) is 0. The Morgan fingerprint density at radius 2 is 1.90 bits per heavy atom. The molecule has 0 aromatic heterocycles. The van der Waals surface area contributed by atoms with Crippen LogP contribution in [0.3, 0.4) is 0 Å². The van der Waals surface area contributed by atoms with E-state index in [0.29, 0.717) is 0 Å². The number of rotatable bonds is 2. The number of hydrogen-bond acceptors (Lipinski definition) is 1. The molecule has 60 valence electrons. The van der Waals surface area contributed by atoms with Gasteiger partial charge in [-0.15, -0.1) is 0 Å². The smallest absolute Gasteiger partial charge is 0.118 e. The predicted octanol–water partition coefficient (Wildman–Crippen LogP) is 1.86. The molecule has 0 aromatic carbocycles. The summed E-state index contributed by atoms with van der Waals surface area (Å²) in [6.45, 7) is 1.75. The van der Waals surface area contributed by atoms with Gasteiger partial charge in [-0.2, -0.15) is 0 Å². The minimum absolute atomic E-state index is 0.264. The lowest BCUT2D eigenvalue weighted by Gasteiger charge is -2.17. The second-order valence-corrected chi connectivity index (χ2v) is 3.35. The van der Waals surface area contributed by atoms with Gasteiger partial charge in [-0.05, 0) is 25.7 Å². The van der Waals surface area contributed by atoms with Crippen molar-refractivity contribution in [3.05, 3.63) is 0 Å². The van der Waals surface area contributed by atoms with E-state index in [4.69, 9.17) is 5.73 Å². The lowest BCUT2D eigenvalue weighted by molar-refractivity contribution is 0.201. The van der Waals surface area contributed by atoms with Crippen molar-refractivity contribution < 1.29 is 4.39 Å². The second-order valence-electron chi connectivity index (χ2n) is 3.35. The van der Waals surface area contributed by atoms with Gasteiger partial charge in [0, 0.05) is 6.04 Å². The third-order valence-electron chi connectivity index (χ3n) is 2.35. The van der Waals surface area contributed by atoms with E-state index in [2.05, 4.69) is 0 Å². The van der Waals surface area contributed by atoms with E-state index in [1.807, 2.05) is 0 Å². The highest BCUT2D eigenvalue weighted by Gasteiger charge is 2.26. The van der Waals surface area contributed by atoms with Gasteiger partial charge in [0.05, 0.1) is 0 Å². The van der Waals surface area contributed by atoms with E-state index in [1.165, 1.54) is 12.8 Å². The number of hydrogen-bond donors (Lipinski definition) is 1. The van der Waals surface area contributed by atoms with Crippen LogP contribution in [0.15, 0.2) is 0 Å². The predicted molar refractivity (Wildman–Crippen MR) is 40.5 cm³/mol. The maximum atomic E-state index is 13.1. The molecule has 0 aromatic rings. The molecule has 10 heavy (non-hydrogen) atoms. The Kier molecular flexibility index (Phi) is 2.66. The molecule has 1 aliphatic carbocycles. The maximum Gasteiger partial charge on any atom is 0.118 e. The summed E-state index contributed by atoms with van der Waals surface area (Å²) in [6, 6.07) is -0.275. The van der Waals surface area contributed by atoms with Gasteiger partial charge in [-0.3, -0.25) is 0 Å². The van der Waals surface area contributed by atoms with Crippen molar-refractivity contribution in [2.45, 2.75) is 44.8 Å². The van der Waals surface area contributed by atoms with Crippen LogP contribution in [0.5, 0.6) is 0 Å². The van der Waals surface area contributed by atoms with Crippen LogP contribution < -0.4 is 5.73 Å². The first kappa shape index (κ1) is 7.99. The first-order valence-corrected chi connectivity index (χ1v) is 4.11. The lowest BCUT2D eigenvalue weighted by Crippen LogP contribution is -2.33. The van der Waals surface area contributed by atoms with Crippen molar-refractivity contribution in [1.29, 1.82) is 0 Å². The third-order valence-corrected chi connectivity index (χ3v) is 2.35. The highest BCUT2D eigenvalue weighted by Crippen LogP contribution is 2.30. The Morgan fingerprint density at radius 3 is 2.30 bits per heavy atom. The van der Waals surface area contributed by atoms with Gasteiger partial charge in [0.1, 0.15) is 6.17 Å². The lowest BCUT2D eigenvalue weighted by atomic mass is 9.98. The Hall–Kier alpha value is -0.110. The zero-order valence-corrected chi connectivity index (χ0v) is 6.52. The van der Waals surface area contributed by atoms with Crippen molar-refractivity contribution in [3.63, 3.8) is 0 Å². The molecule has 2 heteroatoms. The van der Waals surface area contributed by atoms with E-state index < -0.39 is 6.17 Å². The van der Waals surface area contributed by atoms with E-state index in [0.717, 1.165) is 12.8 Å². The fraction of sp³-hybridized carbons (Fsp3) is 1.00. The molecule has 2 atom stereocenters. The van der Waals surface area contributed by atoms with Crippen molar-refractivity contribution in [2.75, 3.05) is 0 Å². The van der Waals surface area contributed by atoms with Crippen LogP contribution >= 0.6 is 0 Å². The van der Waals surface area contributed by atoms with Gasteiger partial charge in [-0.25, -0.2) is 4.39 Å². The topological polar surface area (TPSA) is 26.0 Å². The molecule has 1 aliphatic rings. The Morgan fingerprint density at radius 1 is 1.40 bits per heavy atom. The molecule has 2 unspecified atom stereocenters. The van der Waals surface area contributed by atoms with Crippen LogP contribution in [0.25, 0.3) is 0 Å². The van der Waals surface area contributed by atoms with E-state index >= 15 is 0 Å². The minimum Gasteiger partial charge on any atom is -0.325 e. The SMILES string of the molecule is CC(N)C(F)C1CCCC1. The van der Waals surface area contributed by atoms with Gasteiger partial charge < -0.3 is 5.73 Å². The summed E-state index contributed by atoms with van der Waals surface area (Å²) in [5.41, 5.74) is 5.44. The molecular formula is C8H16FN. The molecule has 1 saturated carbocycles. The highest BCUT2D eigenvalue weighted by atomic mass is 19.1. The number of halogens is 1. The molecule has 1 rings (SSSR count). The summed E-state index contributed by atoms with van der Waals surface area (Å²) in [7, 11) is 0. The summed E-state index contributed by atoms with van der Waals surface area (Å²) in [4.78, 5) is 0. The van der Waals surface area contributed by atoms with Crippen LogP contribution in [0.4, 0.5) is 4.39 Å². The molecule has 0 bridgehead atoms. The van der Waals surface area contributed by atoms with Crippen LogP contribution in [-0.2, 0) is 0 Å². The summed E-state index contributed by atoms with van der Waals surface area (Å²) in [6.07, 6.45) is 3.71. The fourth-order valence-electron chi connectivity index (χ4n) is 1.71. The second kappa shape index (κ2) is 3.33. The molecule has 0 heterocycles. The highest BCUT2D eigenvalue weighted by molar-refractivity contribution is 4.79. The quantitative estimate of drug-likeness (QED) is 0.630. The van der Waals surface area contributed by atoms with Crippen molar-refractivity contribution >= 4 is 0 Å². The summed E-state index contributed by atoms with van der Waals surface area (Å²) >= 11 is 0. The van der Waals surface area contributed by atoms with Gasteiger partial charge in [0.25, 0.3) is 0 Å². The third kappa shape index (κ3) is 1.69. The standard InChI is InChI=1S/C8H16FN/c1-6(10)8(9)7-4-2-3-5-7/h6-8H,2-5,10H2,1H3. The average molecular weight is 145 g/mol. The van der Waals surface area contributed by atoms with Gasteiger partial charge in [0.2, 0.25) is 0 Å². The molecule has 0 radical (unpaired) electrons. The first-order valence-electron chi connectivity index (χ1n) is 4.11. The van der Waals surface area contributed by atoms with E-state index in [9.17, 15) is 4.39 Å². The van der Waals surface area contributed by atoms with E-state index in [-0.39, 0.29) is 12.0 Å². The average Bonchev–Trinajstić information content (AvgIpc) is 2.36. The monoisotopic (exact) mass is 145 g/mol. The van der Waals surface area contributed by atoms with Crippen molar-refractivity contribution in [3.8, 4) is 0 Å². The molecule has 1 fully saturated rings. The number of alkyl halides is 1. The zero-order chi connectivity index (χ0) is 7.56. The molecule has 1 nitrogen and oxygen atoms in total. The largest absolute Gasteiger partial charge is 0.325 e. The molecule has 0 aliphatic heterocycles. The molecular weight excluding hydrogens is 129 g/mol. The summed E-state index contributed by atoms with van der Waals surface area (Å²) in [5.74, 6) is 0.264. The molecule has 0 amide bonds. The Balaban J connectivity index is 2.32. The summed E-state index contributed by atoms with van der Waals surface area (Å²) < 4.78 is 13.1. The van der Waals surface area contributed by atoms with Crippen LogP contribution in [0.1, 0.15) is 32.6 Å². The van der Waals surface area contributed by atoms with Crippen LogP contribution in [-0.4, -0.2) is 12.2 Å². The minimum atomic E-state index is -0.762. The Bertz CT molecular complexity index is 97.4. The van der Waals surface area contributed by atoms with E-state index in [1.54, 1.807) is 6.92 Å². The number of nitrogens with two attached hydrogens (primary N) is 1. The molecule has 0 spiro atoms. The normalized spacial score (nSPS) is 26.7. The zero-order valence-electron chi connectivity index (χ0n) is 6.52. The van der Waals surface area contributed by atoms with Gasteiger partial charge >= 0.3 is 0 Å². The van der Waals surface area contributed by atoms with Crippen LogP contribution in [0.2, 0.25) is 0 Å². The van der Waals surface area contributed by atoms with Crippen LogP contribution in [0, 0.1) is 5.92 Å². The van der Waals surface area contributed by atoms with Crippen molar-refractivity contribution in [2.24, 2.45) is 11.7 Å². The fourth-order valence-corrected chi connectivity index (χ4v) is 1.71. The maximum absolute atomic E-state index is 13.1. The van der Waals surface area contributed by atoms with Gasteiger partial charge in [0.15, 0.2) is 0 Å². The molecule has 2 N–H and O–H groups in total. The first-order chi connectivity index (χ1) is 4.72.